The summed E-state index contributed by atoms with van der Waals surface area (Å²) in [5.41, 5.74) is 5.87. The maximum atomic E-state index is 2.41. The number of benzene rings is 1. The van der Waals surface area contributed by atoms with E-state index in [1.807, 2.05) is 0 Å². The second-order valence-corrected chi connectivity index (χ2v) is 4.95. The van der Waals surface area contributed by atoms with Crippen molar-refractivity contribution in [3.05, 3.63) is 65.3 Å². The monoisotopic (exact) mass is 222 g/mol. The van der Waals surface area contributed by atoms with Gasteiger partial charge in [-0.15, -0.1) is 0 Å². The van der Waals surface area contributed by atoms with Crippen LogP contribution in [-0.2, 0) is 0 Å². The second kappa shape index (κ2) is 4.37. The van der Waals surface area contributed by atoms with Crippen molar-refractivity contribution in [3.8, 4) is 0 Å². The van der Waals surface area contributed by atoms with Gasteiger partial charge in [0.15, 0.2) is 0 Å². The fourth-order valence-corrected chi connectivity index (χ4v) is 2.90. The Balaban J connectivity index is 2.04. The summed E-state index contributed by atoms with van der Waals surface area (Å²) >= 11 is 0. The molecule has 17 heavy (non-hydrogen) atoms. The number of allylic oxidation sites excluding steroid dienone is 6. The third-order valence-corrected chi connectivity index (χ3v) is 3.85. The van der Waals surface area contributed by atoms with Gasteiger partial charge in [-0.25, -0.2) is 0 Å². The Labute approximate surface area is 103 Å². The summed E-state index contributed by atoms with van der Waals surface area (Å²) in [5.74, 6) is 0.575. The van der Waals surface area contributed by atoms with Crippen LogP contribution < -0.4 is 0 Å². The van der Waals surface area contributed by atoms with Crippen LogP contribution in [0.1, 0.15) is 43.2 Å². The van der Waals surface area contributed by atoms with Gasteiger partial charge in [-0.3, -0.25) is 0 Å². The Bertz CT molecular complexity index is 515. The highest BCUT2D eigenvalue weighted by molar-refractivity contribution is 5.70. The average Bonchev–Trinajstić information content (AvgIpc) is 2.41. The van der Waals surface area contributed by atoms with Gasteiger partial charge in [-0.05, 0) is 48.5 Å². The Morgan fingerprint density at radius 1 is 1.06 bits per heavy atom. The van der Waals surface area contributed by atoms with E-state index in [1.54, 1.807) is 0 Å². The Morgan fingerprint density at radius 2 is 1.94 bits per heavy atom. The van der Waals surface area contributed by atoms with Crippen LogP contribution in [0.25, 0.3) is 5.57 Å². The van der Waals surface area contributed by atoms with Crippen LogP contribution >= 0.6 is 0 Å². The lowest BCUT2D eigenvalue weighted by atomic mass is 9.78. The van der Waals surface area contributed by atoms with Gasteiger partial charge in [0.2, 0.25) is 0 Å². The predicted octanol–water partition coefficient (Wildman–Crippen LogP) is 4.85. The lowest BCUT2D eigenvalue weighted by Crippen LogP contribution is -2.08. The van der Waals surface area contributed by atoms with E-state index in [1.165, 1.54) is 35.1 Å². The molecular formula is C17H18. The highest BCUT2D eigenvalue weighted by Crippen LogP contribution is 2.39. The molecule has 0 N–H and O–H groups in total. The Hall–Kier alpha value is -1.56. The molecule has 2 aliphatic rings. The van der Waals surface area contributed by atoms with Crippen molar-refractivity contribution in [3.63, 3.8) is 0 Å². The molecule has 0 amide bonds. The van der Waals surface area contributed by atoms with Crippen LogP contribution in [0.2, 0.25) is 0 Å². The fraction of sp³-hybridized carbons (Fsp3) is 0.294. The minimum absolute atomic E-state index is 0.575. The molecule has 2 aliphatic carbocycles. The first-order valence-corrected chi connectivity index (χ1v) is 6.49. The minimum atomic E-state index is 0.575. The lowest BCUT2D eigenvalue weighted by molar-refractivity contribution is 0.796. The zero-order valence-electron chi connectivity index (χ0n) is 10.3. The molecule has 0 saturated heterocycles. The van der Waals surface area contributed by atoms with Crippen LogP contribution in [0.3, 0.4) is 0 Å². The molecule has 0 aromatic heterocycles. The highest BCUT2D eigenvalue weighted by atomic mass is 14.3. The van der Waals surface area contributed by atoms with Gasteiger partial charge >= 0.3 is 0 Å². The first kappa shape index (κ1) is 10.6. The van der Waals surface area contributed by atoms with Crippen molar-refractivity contribution >= 4 is 5.57 Å². The highest BCUT2D eigenvalue weighted by Gasteiger charge is 2.21. The lowest BCUT2D eigenvalue weighted by Gasteiger charge is -2.26. The van der Waals surface area contributed by atoms with E-state index < -0.39 is 0 Å². The van der Waals surface area contributed by atoms with E-state index in [0.717, 1.165) is 6.42 Å². The number of hydrogen-bond acceptors (Lipinski definition) is 0. The summed E-state index contributed by atoms with van der Waals surface area (Å²) in [6.07, 6.45) is 13.0. The van der Waals surface area contributed by atoms with E-state index in [0.29, 0.717) is 5.92 Å². The van der Waals surface area contributed by atoms with Gasteiger partial charge in [0.25, 0.3) is 0 Å². The van der Waals surface area contributed by atoms with Crippen molar-refractivity contribution in [1.82, 2.24) is 0 Å². The van der Waals surface area contributed by atoms with Crippen molar-refractivity contribution in [2.24, 2.45) is 0 Å². The Morgan fingerprint density at radius 3 is 2.76 bits per heavy atom. The number of fused-ring (bicyclic) bond motifs is 1. The normalized spacial score (nSPS) is 22.8. The molecule has 1 atom stereocenters. The van der Waals surface area contributed by atoms with E-state index in [4.69, 9.17) is 0 Å². The van der Waals surface area contributed by atoms with E-state index >= 15 is 0 Å². The van der Waals surface area contributed by atoms with Gasteiger partial charge in [0.05, 0.1) is 0 Å². The molecular weight excluding hydrogens is 204 g/mol. The predicted molar refractivity (Wildman–Crippen MR) is 73.9 cm³/mol. The van der Waals surface area contributed by atoms with Crippen LogP contribution in [0.5, 0.6) is 0 Å². The summed E-state index contributed by atoms with van der Waals surface area (Å²) in [7, 11) is 0. The third-order valence-electron chi connectivity index (χ3n) is 3.85. The topological polar surface area (TPSA) is 0 Å². The molecule has 0 fully saturated rings. The molecule has 86 valence electrons. The zero-order valence-corrected chi connectivity index (χ0v) is 10.3. The van der Waals surface area contributed by atoms with Gasteiger partial charge in [-0.1, -0.05) is 48.6 Å². The molecule has 1 unspecified atom stereocenters. The smallest absolute Gasteiger partial charge is 0.0127 e. The molecule has 0 aliphatic heterocycles. The Kier molecular flexibility index (Phi) is 2.72. The van der Waals surface area contributed by atoms with Crippen molar-refractivity contribution < 1.29 is 0 Å². The first-order valence-electron chi connectivity index (χ1n) is 6.49. The standard InChI is InChI=1S/C17H18/c1-13-11-12-16(14-7-3-2-4-8-14)17-10-6-5-9-15(13)17/h3,5-11,16H,2,4,12H2,1H3. The van der Waals surface area contributed by atoms with Crippen LogP contribution in [0, 0.1) is 0 Å². The largest absolute Gasteiger partial charge is 0.0839 e. The van der Waals surface area contributed by atoms with E-state index in [2.05, 4.69) is 55.5 Å². The molecule has 3 rings (SSSR count). The first-order chi connectivity index (χ1) is 8.36. The summed E-state index contributed by atoms with van der Waals surface area (Å²) in [6, 6.07) is 8.85. The van der Waals surface area contributed by atoms with Crippen LogP contribution in [-0.4, -0.2) is 0 Å². The van der Waals surface area contributed by atoms with Crippen molar-refractivity contribution in [1.29, 1.82) is 0 Å². The summed E-state index contributed by atoms with van der Waals surface area (Å²) in [6.45, 7) is 2.22. The van der Waals surface area contributed by atoms with Crippen molar-refractivity contribution in [2.75, 3.05) is 0 Å². The molecule has 0 nitrogen and oxygen atoms in total. The van der Waals surface area contributed by atoms with Gasteiger partial charge < -0.3 is 0 Å². The molecule has 0 saturated carbocycles. The second-order valence-electron chi connectivity index (χ2n) is 4.95. The zero-order chi connectivity index (χ0) is 11.7. The molecule has 1 aromatic carbocycles. The van der Waals surface area contributed by atoms with Crippen LogP contribution in [0.15, 0.2) is 54.1 Å². The van der Waals surface area contributed by atoms with Crippen molar-refractivity contribution in [2.45, 2.75) is 32.1 Å². The van der Waals surface area contributed by atoms with E-state index in [-0.39, 0.29) is 0 Å². The molecule has 0 radical (unpaired) electrons. The number of rotatable bonds is 1. The quantitative estimate of drug-likeness (QED) is 0.637. The van der Waals surface area contributed by atoms with Gasteiger partial charge in [-0.2, -0.15) is 0 Å². The fourth-order valence-electron chi connectivity index (χ4n) is 2.90. The molecule has 0 spiro atoms. The maximum Gasteiger partial charge on any atom is 0.0127 e. The van der Waals surface area contributed by atoms with Gasteiger partial charge in [0, 0.05) is 5.92 Å². The minimum Gasteiger partial charge on any atom is -0.0839 e. The molecule has 0 heterocycles. The summed E-state index contributed by atoms with van der Waals surface area (Å²) < 4.78 is 0. The molecule has 1 aromatic rings. The number of hydrogen-bond donors (Lipinski definition) is 0. The average molecular weight is 222 g/mol. The molecule has 0 bridgehead atoms. The third kappa shape index (κ3) is 1.88. The summed E-state index contributed by atoms with van der Waals surface area (Å²) in [4.78, 5) is 0. The molecule has 0 heteroatoms. The van der Waals surface area contributed by atoms with Gasteiger partial charge in [0.1, 0.15) is 0 Å². The summed E-state index contributed by atoms with van der Waals surface area (Å²) in [5, 5.41) is 0. The maximum absolute atomic E-state index is 2.41. The van der Waals surface area contributed by atoms with Crippen LogP contribution in [0.4, 0.5) is 0 Å². The van der Waals surface area contributed by atoms with E-state index in [9.17, 15) is 0 Å². The SMILES string of the molecule is CC1=CCC(C2=CCCC=C2)c2ccccc21.